The summed E-state index contributed by atoms with van der Waals surface area (Å²) in [6.07, 6.45) is 3.17. The van der Waals surface area contributed by atoms with E-state index in [1.54, 1.807) is 12.1 Å². The number of amides is 2. The summed E-state index contributed by atoms with van der Waals surface area (Å²) in [6, 6.07) is 12.6. The second kappa shape index (κ2) is 10.3. The minimum absolute atomic E-state index is 0.0297. The molecule has 1 aliphatic carbocycles. The van der Waals surface area contributed by atoms with E-state index in [-0.39, 0.29) is 17.6 Å². The number of nitrogens with zero attached hydrogens (tertiary/aromatic N) is 1. The van der Waals surface area contributed by atoms with Gasteiger partial charge in [0.05, 0.1) is 6.54 Å². The van der Waals surface area contributed by atoms with Crippen LogP contribution in [-0.2, 0) is 16.0 Å². The van der Waals surface area contributed by atoms with Crippen molar-refractivity contribution in [3.05, 3.63) is 65.0 Å². The molecule has 1 aliphatic rings. The van der Waals surface area contributed by atoms with Gasteiger partial charge < -0.3 is 10.6 Å². The van der Waals surface area contributed by atoms with Gasteiger partial charge in [-0.1, -0.05) is 30.3 Å². The highest BCUT2D eigenvalue weighted by molar-refractivity contribution is 5.93. The molecule has 2 N–H and O–H groups in total. The normalized spacial score (nSPS) is 13.3. The van der Waals surface area contributed by atoms with E-state index in [1.165, 1.54) is 12.1 Å². The average molecular weight is 412 g/mol. The topological polar surface area (TPSA) is 61.4 Å². The van der Waals surface area contributed by atoms with Crippen molar-refractivity contribution in [1.29, 1.82) is 0 Å². The number of hydrogen-bond acceptors (Lipinski definition) is 3. The standard InChI is InChI=1S/C24H30FN3O2/c1-17-4-3-5-18(2)24(17)27-23(30)16-28(21-10-11-21)15-13-22(29)26-14-12-19-6-8-20(25)9-7-19/h3-9,21H,10-16H2,1-2H3,(H,26,29)(H,27,30). The van der Waals surface area contributed by atoms with Crippen LogP contribution in [0.3, 0.4) is 0 Å². The first-order valence-electron chi connectivity index (χ1n) is 10.5. The molecule has 0 radical (unpaired) electrons. The minimum atomic E-state index is -0.260. The number of anilines is 1. The molecule has 0 saturated heterocycles. The molecule has 5 nitrogen and oxygen atoms in total. The smallest absolute Gasteiger partial charge is 0.238 e. The zero-order valence-corrected chi connectivity index (χ0v) is 17.7. The molecule has 0 spiro atoms. The summed E-state index contributed by atoms with van der Waals surface area (Å²) in [4.78, 5) is 26.9. The van der Waals surface area contributed by atoms with E-state index in [0.717, 1.165) is 35.2 Å². The largest absolute Gasteiger partial charge is 0.356 e. The minimum Gasteiger partial charge on any atom is -0.356 e. The molecule has 0 aromatic heterocycles. The van der Waals surface area contributed by atoms with E-state index in [1.807, 2.05) is 32.0 Å². The Balaban J connectivity index is 1.42. The summed E-state index contributed by atoms with van der Waals surface area (Å²) in [5.41, 5.74) is 3.94. The van der Waals surface area contributed by atoms with Gasteiger partial charge in [-0.2, -0.15) is 0 Å². The Kier molecular flexibility index (Phi) is 7.57. The highest BCUT2D eigenvalue weighted by atomic mass is 19.1. The number of carbonyl (C=O) groups is 2. The number of carbonyl (C=O) groups excluding carboxylic acids is 2. The van der Waals surface area contributed by atoms with E-state index in [0.29, 0.717) is 38.5 Å². The fraction of sp³-hybridized carbons (Fsp3) is 0.417. The molecule has 1 saturated carbocycles. The fourth-order valence-corrected chi connectivity index (χ4v) is 3.54. The van der Waals surface area contributed by atoms with Gasteiger partial charge in [0.1, 0.15) is 5.82 Å². The molecule has 1 fully saturated rings. The lowest BCUT2D eigenvalue weighted by molar-refractivity contribution is -0.122. The summed E-state index contributed by atoms with van der Waals surface area (Å²) in [5.74, 6) is -0.335. The van der Waals surface area contributed by atoms with Crippen LogP contribution in [0.25, 0.3) is 0 Å². The fourth-order valence-electron chi connectivity index (χ4n) is 3.54. The Morgan fingerprint density at radius 2 is 1.70 bits per heavy atom. The highest BCUT2D eigenvalue weighted by Gasteiger charge is 2.30. The van der Waals surface area contributed by atoms with Gasteiger partial charge in [0.2, 0.25) is 11.8 Å². The lowest BCUT2D eigenvalue weighted by atomic mass is 10.1. The number of nitrogens with one attached hydrogen (secondary N) is 2. The van der Waals surface area contributed by atoms with Crippen LogP contribution < -0.4 is 10.6 Å². The number of halogens is 1. The second-order valence-corrected chi connectivity index (χ2v) is 7.99. The van der Waals surface area contributed by atoms with Gasteiger partial charge in [-0.3, -0.25) is 14.5 Å². The Hall–Kier alpha value is -2.73. The van der Waals surface area contributed by atoms with Crippen molar-refractivity contribution in [1.82, 2.24) is 10.2 Å². The number of aryl methyl sites for hydroxylation is 2. The molecule has 0 atom stereocenters. The van der Waals surface area contributed by atoms with E-state index in [9.17, 15) is 14.0 Å². The third-order valence-electron chi connectivity index (χ3n) is 5.43. The molecule has 3 rings (SSSR count). The predicted molar refractivity (Wildman–Crippen MR) is 117 cm³/mol. The van der Waals surface area contributed by atoms with Gasteiger partial charge in [-0.05, 0) is 61.9 Å². The summed E-state index contributed by atoms with van der Waals surface area (Å²) in [6.45, 7) is 5.34. The van der Waals surface area contributed by atoms with Crippen LogP contribution in [0.2, 0.25) is 0 Å². The monoisotopic (exact) mass is 411 g/mol. The Morgan fingerprint density at radius 1 is 1.03 bits per heavy atom. The van der Waals surface area contributed by atoms with Crippen molar-refractivity contribution >= 4 is 17.5 Å². The molecule has 0 aliphatic heterocycles. The maximum absolute atomic E-state index is 12.9. The second-order valence-electron chi connectivity index (χ2n) is 7.99. The highest BCUT2D eigenvalue weighted by Crippen LogP contribution is 2.27. The van der Waals surface area contributed by atoms with Crippen molar-refractivity contribution in [2.45, 2.75) is 45.6 Å². The number of benzene rings is 2. The van der Waals surface area contributed by atoms with Crippen LogP contribution >= 0.6 is 0 Å². The van der Waals surface area contributed by atoms with Crippen molar-refractivity contribution in [3.63, 3.8) is 0 Å². The third kappa shape index (κ3) is 6.66. The zero-order valence-electron chi connectivity index (χ0n) is 17.7. The van der Waals surface area contributed by atoms with Crippen molar-refractivity contribution in [2.24, 2.45) is 0 Å². The van der Waals surface area contributed by atoms with E-state index >= 15 is 0 Å². The van der Waals surface area contributed by atoms with Gasteiger partial charge in [0.15, 0.2) is 0 Å². The van der Waals surface area contributed by atoms with Crippen molar-refractivity contribution in [2.75, 3.05) is 25.0 Å². The van der Waals surface area contributed by atoms with Crippen LogP contribution in [0, 0.1) is 19.7 Å². The van der Waals surface area contributed by atoms with Crippen molar-refractivity contribution in [3.8, 4) is 0 Å². The summed E-state index contributed by atoms with van der Waals surface area (Å²) in [7, 11) is 0. The predicted octanol–water partition coefficient (Wildman–Crippen LogP) is 3.59. The van der Waals surface area contributed by atoms with Gasteiger partial charge in [0.25, 0.3) is 0 Å². The number of hydrogen-bond donors (Lipinski definition) is 2. The molecule has 160 valence electrons. The first-order chi connectivity index (χ1) is 14.4. The van der Waals surface area contributed by atoms with Gasteiger partial charge >= 0.3 is 0 Å². The molecule has 0 bridgehead atoms. The first-order valence-corrected chi connectivity index (χ1v) is 10.5. The first kappa shape index (κ1) is 22.0. The molecular weight excluding hydrogens is 381 g/mol. The van der Waals surface area contributed by atoms with Crippen molar-refractivity contribution < 1.29 is 14.0 Å². The van der Waals surface area contributed by atoms with E-state index < -0.39 is 0 Å². The molecule has 2 aromatic carbocycles. The summed E-state index contributed by atoms with van der Waals surface area (Å²) in [5, 5.41) is 5.94. The van der Waals surface area contributed by atoms with Crippen LogP contribution in [0.1, 0.15) is 36.0 Å². The molecular formula is C24H30FN3O2. The van der Waals surface area contributed by atoms with Gasteiger partial charge in [-0.25, -0.2) is 4.39 Å². The van der Waals surface area contributed by atoms with Gasteiger partial charge in [-0.15, -0.1) is 0 Å². The third-order valence-corrected chi connectivity index (χ3v) is 5.43. The number of para-hydroxylation sites is 1. The zero-order chi connectivity index (χ0) is 21.5. The lowest BCUT2D eigenvalue weighted by Gasteiger charge is -2.22. The lowest BCUT2D eigenvalue weighted by Crippen LogP contribution is -2.38. The maximum Gasteiger partial charge on any atom is 0.238 e. The molecule has 0 heterocycles. The molecule has 6 heteroatoms. The molecule has 0 unspecified atom stereocenters. The van der Waals surface area contributed by atoms with Gasteiger partial charge in [0, 0.05) is 31.2 Å². The summed E-state index contributed by atoms with van der Waals surface area (Å²) < 4.78 is 12.9. The summed E-state index contributed by atoms with van der Waals surface area (Å²) >= 11 is 0. The Bertz CT molecular complexity index is 858. The van der Waals surface area contributed by atoms with Crippen LogP contribution in [0.4, 0.5) is 10.1 Å². The molecule has 30 heavy (non-hydrogen) atoms. The Morgan fingerprint density at radius 3 is 2.33 bits per heavy atom. The number of rotatable bonds is 10. The van der Waals surface area contributed by atoms with E-state index in [2.05, 4.69) is 15.5 Å². The van der Waals surface area contributed by atoms with Crippen LogP contribution in [0.15, 0.2) is 42.5 Å². The SMILES string of the molecule is Cc1cccc(C)c1NC(=O)CN(CCC(=O)NCCc1ccc(F)cc1)C1CC1. The average Bonchev–Trinajstić information content (AvgIpc) is 3.55. The van der Waals surface area contributed by atoms with Crippen LogP contribution in [-0.4, -0.2) is 42.4 Å². The molecule has 2 aromatic rings. The Labute approximate surface area is 177 Å². The van der Waals surface area contributed by atoms with Crippen LogP contribution in [0.5, 0.6) is 0 Å². The van der Waals surface area contributed by atoms with E-state index in [4.69, 9.17) is 0 Å². The quantitative estimate of drug-likeness (QED) is 0.628. The maximum atomic E-state index is 12.9. The molecule has 2 amide bonds.